The number of fused-ring (bicyclic) bond motifs is 5. The Bertz CT molecular complexity index is 838. The Morgan fingerprint density at radius 2 is 1.47 bits per heavy atom. The molecule has 0 radical (unpaired) electrons. The van der Waals surface area contributed by atoms with Gasteiger partial charge in [-0.1, -0.05) is 25.5 Å². The van der Waals surface area contributed by atoms with Gasteiger partial charge >= 0.3 is 0 Å². The summed E-state index contributed by atoms with van der Waals surface area (Å²) in [6.45, 7) is 27.3. The van der Waals surface area contributed by atoms with E-state index in [1.807, 2.05) is 0 Å². The van der Waals surface area contributed by atoms with Crippen LogP contribution in [0.25, 0.3) is 0 Å². The quantitative estimate of drug-likeness (QED) is 0.223. The molecule has 4 rings (SSSR count). The van der Waals surface area contributed by atoms with E-state index in [9.17, 15) is 0 Å². The minimum atomic E-state index is -1.69. The average molecular weight is 551 g/mol. The second-order valence-corrected chi connectivity index (χ2v) is 29.7. The van der Waals surface area contributed by atoms with E-state index in [2.05, 4.69) is 78.8 Å². The summed E-state index contributed by atoms with van der Waals surface area (Å²) in [5, 5.41) is 0. The van der Waals surface area contributed by atoms with Crippen molar-refractivity contribution >= 4 is 25.0 Å². The number of allylic oxidation sites excluding steroid dienone is 1. The monoisotopic (exact) mass is 550 g/mol. The van der Waals surface area contributed by atoms with Crippen molar-refractivity contribution in [1.82, 2.24) is 0 Å². The van der Waals surface area contributed by atoms with Crippen molar-refractivity contribution < 1.29 is 13.3 Å². The van der Waals surface area contributed by atoms with Crippen LogP contribution in [-0.2, 0) is 13.3 Å². The van der Waals surface area contributed by atoms with Crippen molar-refractivity contribution in [2.75, 3.05) is 6.61 Å². The highest BCUT2D eigenvalue weighted by molar-refractivity contribution is 6.70. The molecule has 0 saturated heterocycles. The predicted molar refractivity (Wildman–Crippen MR) is 161 cm³/mol. The molecule has 0 heterocycles. The third kappa shape index (κ3) is 5.74. The maximum Gasteiger partial charge on any atom is 0.184 e. The van der Waals surface area contributed by atoms with Crippen LogP contribution in [0.15, 0.2) is 11.6 Å². The van der Waals surface area contributed by atoms with Gasteiger partial charge in [0, 0.05) is 12.7 Å². The molecule has 0 unspecified atom stereocenters. The molecule has 3 fully saturated rings. The lowest BCUT2D eigenvalue weighted by Gasteiger charge is -2.60. The van der Waals surface area contributed by atoms with Gasteiger partial charge in [-0.2, -0.15) is 0 Å². The number of rotatable bonds is 8. The molecule has 4 aliphatic carbocycles. The van der Waals surface area contributed by atoms with Gasteiger partial charge in [0.2, 0.25) is 0 Å². The summed E-state index contributed by atoms with van der Waals surface area (Å²) in [6, 6.07) is 0. The summed E-state index contributed by atoms with van der Waals surface area (Å²) in [5.74, 6) is 2.44. The summed E-state index contributed by atoms with van der Waals surface area (Å²) in [6.07, 6.45) is 14.5. The first-order chi connectivity index (χ1) is 16.4. The van der Waals surface area contributed by atoms with Crippen LogP contribution in [0.3, 0.4) is 0 Å². The molecule has 0 bridgehead atoms. The predicted octanol–water partition coefficient (Wildman–Crippen LogP) is 9.00. The Morgan fingerprint density at radius 1 is 0.806 bits per heavy atom. The van der Waals surface area contributed by atoms with E-state index in [-0.39, 0.29) is 11.0 Å². The molecule has 7 atom stereocenters. The molecule has 0 aromatic heterocycles. The molecule has 0 aromatic carbocycles. The van der Waals surface area contributed by atoms with E-state index in [0.29, 0.717) is 11.5 Å². The smallest absolute Gasteiger partial charge is 0.184 e. The van der Waals surface area contributed by atoms with Crippen molar-refractivity contribution in [3.05, 3.63) is 11.6 Å². The van der Waals surface area contributed by atoms with Crippen molar-refractivity contribution in [2.24, 2.45) is 28.6 Å². The van der Waals surface area contributed by atoms with E-state index in [0.717, 1.165) is 30.8 Å². The van der Waals surface area contributed by atoms with Gasteiger partial charge in [0.1, 0.15) is 0 Å². The summed E-state index contributed by atoms with van der Waals surface area (Å²) < 4.78 is 20.3. The van der Waals surface area contributed by atoms with E-state index >= 15 is 0 Å². The van der Waals surface area contributed by atoms with Crippen LogP contribution in [0.2, 0.25) is 58.9 Å². The fourth-order valence-electron chi connectivity index (χ4n) is 9.06. The molecular weight excluding hydrogens is 493 g/mol. The maximum atomic E-state index is 7.29. The molecule has 0 N–H and O–H groups in total. The van der Waals surface area contributed by atoms with Crippen molar-refractivity contribution in [1.29, 1.82) is 0 Å². The molecule has 3 nitrogen and oxygen atoms in total. The maximum absolute atomic E-state index is 7.29. The van der Waals surface area contributed by atoms with Gasteiger partial charge in [-0.05, 0) is 145 Å². The van der Waals surface area contributed by atoms with Gasteiger partial charge < -0.3 is 13.3 Å². The zero-order valence-electron chi connectivity index (χ0n) is 25.7. The van der Waals surface area contributed by atoms with E-state index < -0.39 is 25.0 Å². The Kier molecular flexibility index (Phi) is 7.90. The zero-order valence-corrected chi connectivity index (χ0v) is 28.7. The second-order valence-electron chi connectivity index (χ2n) is 16.3. The highest BCUT2D eigenvalue weighted by Crippen LogP contribution is 2.68. The van der Waals surface area contributed by atoms with Crippen molar-refractivity contribution in [3.8, 4) is 0 Å². The molecule has 0 amide bonds. The van der Waals surface area contributed by atoms with E-state index in [1.54, 1.807) is 5.57 Å². The molecule has 6 heteroatoms. The van der Waals surface area contributed by atoms with Crippen molar-refractivity contribution in [3.63, 3.8) is 0 Å². The van der Waals surface area contributed by atoms with Crippen LogP contribution in [0, 0.1) is 28.6 Å². The van der Waals surface area contributed by atoms with Crippen molar-refractivity contribution in [2.45, 2.75) is 142 Å². The fourth-order valence-corrected chi connectivity index (χ4v) is 12.6. The summed E-state index contributed by atoms with van der Waals surface area (Å²) >= 11 is 0. The van der Waals surface area contributed by atoms with Gasteiger partial charge in [-0.15, -0.1) is 0 Å². The lowest BCUT2D eigenvalue weighted by atomic mass is 9.47. The zero-order chi connectivity index (χ0) is 26.8. The molecular formula is C30H58O3Si3. The average Bonchev–Trinajstić information content (AvgIpc) is 2.97. The summed E-state index contributed by atoms with van der Waals surface area (Å²) in [7, 11) is -4.71. The molecule has 0 spiro atoms. The molecule has 3 saturated carbocycles. The number of hydrogen-bond acceptors (Lipinski definition) is 3. The summed E-state index contributed by atoms with van der Waals surface area (Å²) in [4.78, 5) is 0. The SMILES string of the molecule is C[C@]12CC[C@H](O[Si](C)(C)C)CC1=CC[C@@H]1[C@@H]2CC[C@@]2(C)[C@H]1CC[C@@]2(CCO[Si](C)(C)C)O[Si](C)(C)C. The highest BCUT2D eigenvalue weighted by Gasteiger charge is 2.65. The van der Waals surface area contributed by atoms with Crippen LogP contribution in [-0.4, -0.2) is 43.3 Å². The van der Waals surface area contributed by atoms with Crippen LogP contribution < -0.4 is 0 Å². The normalized spacial score (nSPS) is 41.4. The van der Waals surface area contributed by atoms with Gasteiger partial charge in [-0.3, -0.25) is 0 Å². The minimum Gasteiger partial charge on any atom is -0.418 e. The van der Waals surface area contributed by atoms with Crippen LogP contribution in [0.4, 0.5) is 0 Å². The Hall–Kier alpha value is 0.271. The molecule has 4 aliphatic rings. The third-order valence-corrected chi connectivity index (χ3v) is 13.5. The van der Waals surface area contributed by atoms with E-state index in [1.165, 1.54) is 51.4 Å². The van der Waals surface area contributed by atoms with E-state index in [4.69, 9.17) is 13.3 Å². The Labute approximate surface area is 226 Å². The van der Waals surface area contributed by atoms with Gasteiger partial charge in [0.25, 0.3) is 0 Å². The first kappa shape index (κ1) is 29.3. The van der Waals surface area contributed by atoms with Gasteiger partial charge in [0.15, 0.2) is 25.0 Å². The van der Waals surface area contributed by atoms with Gasteiger partial charge in [0.05, 0.1) is 5.60 Å². The second kappa shape index (κ2) is 9.72. The molecule has 208 valence electrons. The molecule has 0 aromatic rings. The lowest BCUT2D eigenvalue weighted by molar-refractivity contribution is -0.121. The number of hydrogen-bond donors (Lipinski definition) is 0. The lowest BCUT2D eigenvalue weighted by Crippen LogP contribution is -2.58. The van der Waals surface area contributed by atoms with Crippen LogP contribution in [0.5, 0.6) is 0 Å². The fraction of sp³-hybridized carbons (Fsp3) is 0.933. The minimum absolute atomic E-state index is 0.000488. The highest BCUT2D eigenvalue weighted by atomic mass is 28.4. The summed E-state index contributed by atoms with van der Waals surface area (Å²) in [5.41, 5.74) is 2.40. The third-order valence-electron chi connectivity index (χ3n) is 10.4. The molecule has 36 heavy (non-hydrogen) atoms. The van der Waals surface area contributed by atoms with Crippen LogP contribution >= 0.6 is 0 Å². The Morgan fingerprint density at radius 3 is 2.08 bits per heavy atom. The first-order valence-corrected chi connectivity index (χ1v) is 25.3. The Balaban J connectivity index is 1.57. The largest absolute Gasteiger partial charge is 0.418 e. The first-order valence-electron chi connectivity index (χ1n) is 15.1. The standard InChI is InChI=1S/C30H58O3Si3/c1-28-17-14-24(32-35(6,7)8)22-23(28)12-13-25-26(28)15-18-29(2)27(25)16-19-30(29,33-36(9,10)11)20-21-31-34(3,4)5/h12,24-27H,13-22H2,1-11H3/t24-,25+,26-,27-,28-,29-,30-/m0/s1. The van der Waals surface area contributed by atoms with Crippen LogP contribution in [0.1, 0.15) is 71.6 Å². The topological polar surface area (TPSA) is 27.7 Å². The van der Waals surface area contributed by atoms with Gasteiger partial charge in [-0.25, -0.2) is 0 Å². The molecule has 0 aliphatic heterocycles.